The molecule has 1 aliphatic carbocycles. The number of piperidine rings is 1. The highest BCUT2D eigenvalue weighted by Gasteiger charge is 2.35. The monoisotopic (exact) mass is 479 g/mol. The molecular formula is C24H28Cl3N3O. The Balaban J connectivity index is 1.27. The molecule has 166 valence electrons. The van der Waals surface area contributed by atoms with Gasteiger partial charge < -0.3 is 10.6 Å². The zero-order chi connectivity index (χ0) is 21.8. The van der Waals surface area contributed by atoms with E-state index in [1.165, 1.54) is 18.4 Å². The number of benzene rings is 2. The van der Waals surface area contributed by atoms with Crippen molar-refractivity contribution in [2.24, 2.45) is 5.92 Å². The maximum atomic E-state index is 12.6. The van der Waals surface area contributed by atoms with Gasteiger partial charge in [0.15, 0.2) is 0 Å². The summed E-state index contributed by atoms with van der Waals surface area (Å²) in [6, 6.07) is 13.7. The van der Waals surface area contributed by atoms with Gasteiger partial charge in [0, 0.05) is 22.1 Å². The van der Waals surface area contributed by atoms with Gasteiger partial charge in [0.25, 0.3) is 0 Å². The predicted molar refractivity (Wildman–Crippen MR) is 129 cm³/mol. The Hall–Kier alpha value is -1.46. The van der Waals surface area contributed by atoms with Crippen molar-refractivity contribution in [2.75, 3.05) is 18.4 Å². The van der Waals surface area contributed by atoms with E-state index in [1.54, 1.807) is 18.2 Å². The molecule has 1 aliphatic heterocycles. The van der Waals surface area contributed by atoms with Gasteiger partial charge in [-0.3, -0.25) is 4.90 Å². The van der Waals surface area contributed by atoms with Gasteiger partial charge in [0.1, 0.15) is 0 Å². The van der Waals surface area contributed by atoms with Crippen LogP contribution in [0.3, 0.4) is 0 Å². The van der Waals surface area contributed by atoms with Crippen molar-refractivity contribution in [3.05, 3.63) is 63.1 Å². The fourth-order valence-corrected chi connectivity index (χ4v) is 5.49. The highest BCUT2D eigenvalue weighted by Crippen LogP contribution is 2.30. The van der Waals surface area contributed by atoms with Crippen molar-refractivity contribution >= 4 is 46.5 Å². The summed E-state index contributed by atoms with van der Waals surface area (Å²) in [5, 5.41) is 7.81. The Bertz CT molecular complexity index is 897. The van der Waals surface area contributed by atoms with Crippen LogP contribution in [0.15, 0.2) is 42.5 Å². The van der Waals surface area contributed by atoms with E-state index in [4.69, 9.17) is 34.8 Å². The number of nitrogens with one attached hydrogen (secondary N) is 2. The highest BCUT2D eigenvalue weighted by molar-refractivity contribution is 6.36. The average molecular weight is 481 g/mol. The molecule has 2 N–H and O–H groups in total. The number of urea groups is 1. The first kappa shape index (κ1) is 22.7. The normalized spacial score (nSPS) is 22.4. The molecule has 2 aliphatic rings. The van der Waals surface area contributed by atoms with Crippen LogP contribution in [-0.2, 0) is 6.42 Å². The molecule has 31 heavy (non-hydrogen) atoms. The second kappa shape index (κ2) is 10.4. The van der Waals surface area contributed by atoms with Gasteiger partial charge in [0.2, 0.25) is 0 Å². The Morgan fingerprint density at radius 3 is 2.35 bits per heavy atom. The molecule has 2 fully saturated rings. The minimum Gasteiger partial charge on any atom is -0.334 e. The molecule has 4 rings (SSSR count). The number of likely N-dealkylation sites (tertiary alicyclic amines) is 1. The third-order valence-electron chi connectivity index (χ3n) is 6.53. The van der Waals surface area contributed by atoms with Gasteiger partial charge in [-0.05, 0) is 93.4 Å². The van der Waals surface area contributed by atoms with Gasteiger partial charge in [-0.25, -0.2) is 4.79 Å². The zero-order valence-corrected chi connectivity index (χ0v) is 19.7. The molecule has 0 aromatic heterocycles. The number of hydrogen-bond acceptors (Lipinski definition) is 2. The number of nitrogens with zero attached hydrogens (tertiary/aromatic N) is 1. The SMILES string of the molecule is O=C(Nc1ccc(Cl)cc1Cl)NC1CCCC1N1CCC(Cc2ccc(Cl)cc2)CC1. The average Bonchev–Trinajstić information content (AvgIpc) is 3.20. The molecule has 1 saturated heterocycles. The maximum Gasteiger partial charge on any atom is 0.319 e. The molecule has 0 spiro atoms. The van der Waals surface area contributed by atoms with Crippen molar-refractivity contribution in [3.8, 4) is 0 Å². The quantitative estimate of drug-likeness (QED) is 0.503. The summed E-state index contributed by atoms with van der Waals surface area (Å²) in [5.74, 6) is 0.709. The zero-order valence-electron chi connectivity index (χ0n) is 17.4. The lowest BCUT2D eigenvalue weighted by Gasteiger charge is -2.38. The topological polar surface area (TPSA) is 44.4 Å². The largest absolute Gasteiger partial charge is 0.334 e. The van der Waals surface area contributed by atoms with E-state index in [1.807, 2.05) is 12.1 Å². The molecule has 2 amide bonds. The summed E-state index contributed by atoms with van der Waals surface area (Å²) in [6.07, 6.45) is 6.78. The van der Waals surface area contributed by atoms with Crippen LogP contribution >= 0.6 is 34.8 Å². The summed E-state index contributed by atoms with van der Waals surface area (Å²) in [6.45, 7) is 2.18. The molecular weight excluding hydrogens is 453 g/mol. The second-order valence-electron chi connectivity index (χ2n) is 8.64. The minimum atomic E-state index is -0.209. The third kappa shape index (κ3) is 6.07. The number of rotatable bonds is 5. The van der Waals surface area contributed by atoms with Crippen LogP contribution in [0.1, 0.15) is 37.7 Å². The summed E-state index contributed by atoms with van der Waals surface area (Å²) in [7, 11) is 0. The first-order valence-electron chi connectivity index (χ1n) is 11.0. The van der Waals surface area contributed by atoms with Gasteiger partial charge in [-0.1, -0.05) is 46.9 Å². The number of carbonyl (C=O) groups excluding carboxylic acids is 1. The highest BCUT2D eigenvalue weighted by atomic mass is 35.5. The predicted octanol–water partition coefficient (Wildman–Crippen LogP) is 6.64. The van der Waals surface area contributed by atoms with Gasteiger partial charge in [0.05, 0.1) is 10.7 Å². The van der Waals surface area contributed by atoms with Crippen LogP contribution < -0.4 is 10.6 Å². The van der Waals surface area contributed by atoms with Gasteiger partial charge >= 0.3 is 6.03 Å². The van der Waals surface area contributed by atoms with Crippen LogP contribution in [0.4, 0.5) is 10.5 Å². The molecule has 2 aromatic carbocycles. The molecule has 1 heterocycles. The molecule has 4 nitrogen and oxygen atoms in total. The molecule has 0 radical (unpaired) electrons. The van der Waals surface area contributed by atoms with Gasteiger partial charge in [-0.2, -0.15) is 0 Å². The summed E-state index contributed by atoms with van der Waals surface area (Å²) in [5.41, 5.74) is 1.93. The van der Waals surface area contributed by atoms with E-state index >= 15 is 0 Å². The van der Waals surface area contributed by atoms with E-state index in [0.29, 0.717) is 27.7 Å². The van der Waals surface area contributed by atoms with Crippen LogP contribution in [0.2, 0.25) is 15.1 Å². The molecule has 2 unspecified atom stereocenters. The smallest absolute Gasteiger partial charge is 0.319 e. The summed E-state index contributed by atoms with van der Waals surface area (Å²) < 4.78 is 0. The van der Waals surface area contributed by atoms with Gasteiger partial charge in [-0.15, -0.1) is 0 Å². The number of amides is 2. The van der Waals surface area contributed by atoms with E-state index in [-0.39, 0.29) is 12.1 Å². The third-order valence-corrected chi connectivity index (χ3v) is 7.33. The van der Waals surface area contributed by atoms with Crippen LogP contribution in [0, 0.1) is 5.92 Å². The number of carbonyl (C=O) groups is 1. The minimum absolute atomic E-state index is 0.166. The lowest BCUT2D eigenvalue weighted by Crippen LogP contribution is -2.52. The number of hydrogen-bond donors (Lipinski definition) is 2. The van der Waals surface area contributed by atoms with E-state index in [2.05, 4.69) is 27.7 Å². The first-order chi connectivity index (χ1) is 15.0. The Morgan fingerprint density at radius 2 is 1.65 bits per heavy atom. The van der Waals surface area contributed by atoms with Crippen molar-refractivity contribution in [2.45, 2.75) is 50.6 Å². The summed E-state index contributed by atoms with van der Waals surface area (Å²) >= 11 is 18.1. The van der Waals surface area contributed by atoms with Crippen molar-refractivity contribution in [1.82, 2.24) is 10.2 Å². The second-order valence-corrected chi connectivity index (χ2v) is 9.92. The Morgan fingerprint density at radius 1 is 0.935 bits per heavy atom. The number of halogens is 3. The Labute approximate surface area is 199 Å². The molecule has 7 heteroatoms. The van der Waals surface area contributed by atoms with E-state index in [9.17, 15) is 4.79 Å². The summed E-state index contributed by atoms with van der Waals surface area (Å²) in [4.78, 5) is 15.1. The lowest BCUT2D eigenvalue weighted by atomic mass is 9.89. The molecule has 0 bridgehead atoms. The lowest BCUT2D eigenvalue weighted by molar-refractivity contribution is 0.119. The fraction of sp³-hybridized carbons (Fsp3) is 0.458. The van der Waals surface area contributed by atoms with E-state index in [0.717, 1.165) is 43.8 Å². The van der Waals surface area contributed by atoms with Crippen molar-refractivity contribution < 1.29 is 4.79 Å². The standard InChI is InChI=1S/C24H28Cl3N3O/c25-18-6-4-16(5-7-18)14-17-10-12-30(13-11-17)23-3-1-2-22(23)29-24(31)28-21-9-8-19(26)15-20(21)27/h4-9,15,17,22-23H,1-3,10-14H2,(H2,28,29,31). The molecule has 2 atom stereocenters. The molecule has 1 saturated carbocycles. The van der Waals surface area contributed by atoms with Crippen molar-refractivity contribution in [3.63, 3.8) is 0 Å². The van der Waals surface area contributed by atoms with Crippen LogP contribution in [0.25, 0.3) is 0 Å². The fourth-order valence-electron chi connectivity index (χ4n) is 4.91. The number of anilines is 1. The maximum absolute atomic E-state index is 12.6. The Kier molecular flexibility index (Phi) is 7.65. The van der Waals surface area contributed by atoms with E-state index < -0.39 is 0 Å². The first-order valence-corrected chi connectivity index (χ1v) is 12.1. The van der Waals surface area contributed by atoms with Crippen LogP contribution in [0.5, 0.6) is 0 Å². The van der Waals surface area contributed by atoms with Crippen molar-refractivity contribution in [1.29, 1.82) is 0 Å². The molecule has 2 aromatic rings. The van der Waals surface area contributed by atoms with Crippen LogP contribution in [-0.4, -0.2) is 36.1 Å².